The van der Waals surface area contributed by atoms with Crippen LogP contribution in [-0.4, -0.2) is 26.4 Å². The van der Waals surface area contributed by atoms with E-state index in [9.17, 15) is 20.0 Å². The van der Waals surface area contributed by atoms with Crippen LogP contribution in [0.1, 0.15) is 0 Å². The molecule has 0 saturated heterocycles. The van der Waals surface area contributed by atoms with Gasteiger partial charge >= 0.3 is 0 Å². The van der Waals surface area contributed by atoms with Gasteiger partial charge in [0.05, 0.1) is 31.7 Å². The Bertz CT molecular complexity index is 1670. The molecular formula is C25H15Cl2N5O4. The lowest BCUT2D eigenvalue weighted by Crippen LogP contribution is -2.16. The number of halogens is 2. The number of carbonyl (C=O) groups excluding carboxylic acids is 1. The van der Waals surface area contributed by atoms with Crippen molar-refractivity contribution < 1.29 is 14.8 Å². The van der Waals surface area contributed by atoms with Crippen molar-refractivity contribution in [1.29, 1.82) is 0 Å². The molecule has 0 aliphatic heterocycles. The minimum atomic E-state index is -0.615. The molecule has 11 heteroatoms. The second kappa shape index (κ2) is 9.29. The maximum atomic E-state index is 12.4. The highest BCUT2D eigenvalue weighted by atomic mass is 35.5. The number of aromatic nitrogens is 2. The largest absolute Gasteiger partial charge is 0.493 e. The number of nitrogens with zero attached hydrogens (tertiary/aromatic N) is 4. The van der Waals surface area contributed by atoms with E-state index in [0.29, 0.717) is 27.8 Å². The summed E-state index contributed by atoms with van der Waals surface area (Å²) in [5.74, 6) is -0.520. The quantitative estimate of drug-likeness (QED) is 0.144. The van der Waals surface area contributed by atoms with E-state index < -0.39 is 10.8 Å². The van der Waals surface area contributed by atoms with E-state index in [1.807, 2.05) is 30.3 Å². The number of non-ortho nitro benzene ring substituents is 1. The highest BCUT2D eigenvalue weighted by Gasteiger charge is 2.23. The van der Waals surface area contributed by atoms with Crippen molar-refractivity contribution in [3.63, 3.8) is 0 Å². The number of nitro groups is 1. The molecule has 0 saturated carbocycles. The minimum absolute atomic E-state index is 0.00553. The van der Waals surface area contributed by atoms with Crippen LogP contribution in [0, 0.1) is 10.1 Å². The molecule has 0 fully saturated rings. The molecule has 1 aromatic heterocycles. The Balaban J connectivity index is 1.73. The van der Waals surface area contributed by atoms with Gasteiger partial charge in [0.15, 0.2) is 0 Å². The second-order valence-electron chi connectivity index (χ2n) is 7.72. The van der Waals surface area contributed by atoms with Crippen LogP contribution >= 0.6 is 23.2 Å². The summed E-state index contributed by atoms with van der Waals surface area (Å²) in [5.41, 5.74) is 0.861. The fraction of sp³-hybridized carbons (Fsp3) is 0. The van der Waals surface area contributed by atoms with Crippen LogP contribution in [0.25, 0.3) is 21.7 Å². The van der Waals surface area contributed by atoms with Crippen LogP contribution in [0.3, 0.4) is 0 Å². The SMILES string of the molecule is O=CN(c1cccc2ccccc12)c1cc([N+](=O)[O-])cc2c(O)nc(Nc3ccc(Cl)c(Cl)c3)nc12. The van der Waals surface area contributed by atoms with Crippen molar-refractivity contribution in [3.8, 4) is 5.88 Å². The number of hydrogen-bond donors (Lipinski definition) is 2. The van der Waals surface area contributed by atoms with E-state index in [0.717, 1.165) is 16.8 Å². The molecule has 0 spiro atoms. The van der Waals surface area contributed by atoms with Crippen LogP contribution in [0.2, 0.25) is 10.0 Å². The molecule has 0 radical (unpaired) electrons. The second-order valence-corrected chi connectivity index (χ2v) is 8.53. The molecule has 9 nitrogen and oxygen atoms in total. The number of hydrogen-bond acceptors (Lipinski definition) is 7. The first kappa shape index (κ1) is 23.3. The fourth-order valence-corrected chi connectivity index (χ4v) is 4.19. The fourth-order valence-electron chi connectivity index (χ4n) is 3.89. The zero-order valence-electron chi connectivity index (χ0n) is 18.2. The molecule has 1 heterocycles. The van der Waals surface area contributed by atoms with Crippen molar-refractivity contribution >= 4 is 80.0 Å². The molecule has 0 aliphatic rings. The number of aromatic hydroxyl groups is 1. The first-order valence-corrected chi connectivity index (χ1v) is 11.2. The van der Waals surface area contributed by atoms with Crippen molar-refractivity contribution in [2.75, 3.05) is 10.2 Å². The standard InChI is InChI=1S/C25H15Cl2N5O4/c26-19-9-8-15(10-20(19)27)28-25-29-23-18(24(34)30-25)11-16(32(35)36)12-22(23)31(13-33)21-7-3-5-14-4-1-2-6-17(14)21/h1-13H,(H2,28,29,30,34). The zero-order chi connectivity index (χ0) is 25.4. The van der Waals surface area contributed by atoms with Crippen LogP contribution in [0.15, 0.2) is 72.8 Å². The van der Waals surface area contributed by atoms with Gasteiger partial charge in [-0.2, -0.15) is 4.98 Å². The number of fused-ring (bicyclic) bond motifs is 2. The van der Waals surface area contributed by atoms with Crippen LogP contribution in [0.4, 0.5) is 28.7 Å². The Morgan fingerprint density at radius 3 is 2.44 bits per heavy atom. The molecule has 5 aromatic rings. The Morgan fingerprint density at radius 2 is 1.69 bits per heavy atom. The van der Waals surface area contributed by atoms with Crippen LogP contribution < -0.4 is 10.2 Å². The Labute approximate surface area is 213 Å². The molecule has 0 bridgehead atoms. The number of rotatable bonds is 6. The van der Waals surface area contributed by atoms with E-state index in [-0.39, 0.29) is 28.2 Å². The summed E-state index contributed by atoms with van der Waals surface area (Å²) >= 11 is 12.1. The number of nitrogens with one attached hydrogen (secondary N) is 1. The maximum absolute atomic E-state index is 12.4. The summed E-state index contributed by atoms with van der Waals surface area (Å²) in [6.07, 6.45) is 0.547. The summed E-state index contributed by atoms with van der Waals surface area (Å²) in [5, 5.41) is 27.6. The predicted octanol–water partition coefficient (Wildman–Crippen LogP) is 6.74. The van der Waals surface area contributed by atoms with Crippen molar-refractivity contribution in [1.82, 2.24) is 9.97 Å². The number of nitro benzene ring substituents is 1. The van der Waals surface area contributed by atoms with Crippen molar-refractivity contribution in [3.05, 3.63) is 93.0 Å². The van der Waals surface area contributed by atoms with Gasteiger partial charge in [-0.05, 0) is 29.7 Å². The monoisotopic (exact) mass is 519 g/mol. The summed E-state index contributed by atoms with van der Waals surface area (Å²) in [7, 11) is 0. The first-order valence-electron chi connectivity index (χ1n) is 10.5. The lowest BCUT2D eigenvalue weighted by Gasteiger charge is -2.21. The van der Waals surface area contributed by atoms with Crippen LogP contribution in [-0.2, 0) is 4.79 Å². The summed E-state index contributed by atoms with van der Waals surface area (Å²) in [4.78, 5) is 33.2. The molecule has 0 unspecified atom stereocenters. The lowest BCUT2D eigenvalue weighted by molar-refractivity contribution is -0.384. The Kier molecular flexibility index (Phi) is 6.01. The summed E-state index contributed by atoms with van der Waals surface area (Å²) in [6, 6.07) is 20.0. The molecule has 178 valence electrons. The third-order valence-corrected chi connectivity index (χ3v) is 6.26. The molecule has 0 atom stereocenters. The Morgan fingerprint density at radius 1 is 0.917 bits per heavy atom. The van der Waals surface area contributed by atoms with Crippen LogP contribution in [0.5, 0.6) is 5.88 Å². The molecule has 36 heavy (non-hydrogen) atoms. The van der Waals surface area contributed by atoms with E-state index in [2.05, 4.69) is 15.3 Å². The number of benzene rings is 4. The number of anilines is 4. The molecular weight excluding hydrogens is 505 g/mol. The average Bonchev–Trinajstić information content (AvgIpc) is 2.87. The topological polar surface area (TPSA) is 121 Å². The smallest absolute Gasteiger partial charge is 0.272 e. The van der Waals surface area contributed by atoms with Gasteiger partial charge in [0.1, 0.15) is 5.52 Å². The lowest BCUT2D eigenvalue weighted by atomic mass is 10.1. The minimum Gasteiger partial charge on any atom is -0.493 e. The van der Waals surface area contributed by atoms with Gasteiger partial charge in [0.25, 0.3) is 5.69 Å². The van der Waals surface area contributed by atoms with Gasteiger partial charge in [-0.3, -0.25) is 19.8 Å². The van der Waals surface area contributed by atoms with Gasteiger partial charge in [0.2, 0.25) is 18.2 Å². The van der Waals surface area contributed by atoms with Crippen molar-refractivity contribution in [2.24, 2.45) is 0 Å². The third kappa shape index (κ3) is 4.21. The van der Waals surface area contributed by atoms with E-state index in [4.69, 9.17) is 23.2 Å². The number of carbonyl (C=O) groups is 1. The molecule has 4 aromatic carbocycles. The highest BCUT2D eigenvalue weighted by molar-refractivity contribution is 6.42. The molecule has 2 N–H and O–H groups in total. The van der Waals surface area contributed by atoms with Crippen molar-refractivity contribution in [2.45, 2.75) is 0 Å². The molecule has 1 amide bonds. The normalized spacial score (nSPS) is 10.9. The van der Waals surface area contributed by atoms with E-state index in [1.54, 1.807) is 30.3 Å². The highest BCUT2D eigenvalue weighted by Crippen LogP contribution is 2.40. The Hall–Kier alpha value is -4.47. The third-order valence-electron chi connectivity index (χ3n) is 5.52. The van der Waals surface area contributed by atoms with Gasteiger partial charge < -0.3 is 10.4 Å². The average molecular weight is 520 g/mol. The summed E-state index contributed by atoms with van der Waals surface area (Å²) < 4.78 is 0. The van der Waals surface area contributed by atoms with E-state index >= 15 is 0 Å². The zero-order valence-corrected chi connectivity index (χ0v) is 19.7. The van der Waals surface area contributed by atoms with Gasteiger partial charge in [-0.25, -0.2) is 4.98 Å². The van der Waals surface area contributed by atoms with E-state index in [1.165, 1.54) is 11.0 Å². The maximum Gasteiger partial charge on any atom is 0.272 e. The van der Waals surface area contributed by atoms with Gasteiger partial charge in [0, 0.05) is 23.2 Å². The molecule has 5 rings (SSSR count). The van der Waals surface area contributed by atoms with Gasteiger partial charge in [-0.15, -0.1) is 0 Å². The first-order chi connectivity index (χ1) is 17.4. The predicted molar refractivity (Wildman–Crippen MR) is 140 cm³/mol. The van der Waals surface area contributed by atoms with Gasteiger partial charge in [-0.1, -0.05) is 59.6 Å². The molecule has 0 aliphatic carbocycles. The summed E-state index contributed by atoms with van der Waals surface area (Å²) in [6.45, 7) is 0. The number of amides is 1.